The molecule has 0 aromatic carbocycles. The number of allylic oxidation sites excluding steroid dienone is 6. The molecule has 57 heavy (non-hydrogen) atoms. The largest absolute Gasteiger partial charge is 3.00 e. The van der Waals surface area contributed by atoms with Crippen molar-refractivity contribution >= 4 is 102 Å². The molecule has 1 aliphatic rings. The number of aromatic nitrogens is 2. The second-order valence-corrected chi connectivity index (χ2v) is 11.4. The van der Waals surface area contributed by atoms with Crippen LogP contribution in [-0.2, 0) is 92.3 Å². The van der Waals surface area contributed by atoms with Crippen LogP contribution in [0.25, 0.3) is 16.5 Å². The first-order chi connectivity index (χ1) is 26.1. The topological polar surface area (TPSA) is 212 Å². The molecule has 0 amide bonds. The van der Waals surface area contributed by atoms with Crippen molar-refractivity contribution in [2.24, 2.45) is 0 Å². The van der Waals surface area contributed by atoms with E-state index < -0.39 is 0 Å². The molecule has 8 atom stereocenters. The van der Waals surface area contributed by atoms with Gasteiger partial charge in [-0.2, -0.15) is 22.4 Å². The van der Waals surface area contributed by atoms with Crippen molar-refractivity contribution in [2.75, 3.05) is 6.16 Å². The summed E-state index contributed by atoms with van der Waals surface area (Å²) in [6.07, 6.45) is 11.7. The van der Waals surface area contributed by atoms with E-state index in [0.29, 0.717) is 24.3 Å². The Bertz CT molecular complexity index is 1380. The van der Waals surface area contributed by atoms with Crippen molar-refractivity contribution in [3.8, 4) is 6.07 Å². The van der Waals surface area contributed by atoms with E-state index in [1.54, 1.807) is 6.08 Å². The molecule has 8 unspecified atom stereocenters. The first kappa shape index (κ1) is 79.4. The van der Waals surface area contributed by atoms with Gasteiger partial charge in [-0.15, -0.1) is 67.2 Å². The van der Waals surface area contributed by atoms with Gasteiger partial charge in [0.25, 0.3) is 0 Å². The maximum Gasteiger partial charge on any atom is 3.00 e. The molecule has 0 saturated carbocycles. The third-order valence-electron chi connectivity index (χ3n) is 5.45. The second-order valence-electron chi connectivity index (χ2n) is 8.50. The van der Waals surface area contributed by atoms with Crippen LogP contribution in [0.4, 0.5) is 0 Å². The molecule has 1 aliphatic heterocycles. The fraction of sp³-hybridized carbons (Fsp3) is 0.278. The van der Waals surface area contributed by atoms with Crippen LogP contribution in [-0.4, -0.2) is 62.6 Å². The normalized spacial score (nSPS) is 10.9. The molecule has 0 aliphatic carbocycles. The van der Waals surface area contributed by atoms with Gasteiger partial charge in [0, 0.05) is 47.1 Å². The van der Waals surface area contributed by atoms with E-state index in [4.69, 9.17) is 39.8 Å². The monoisotopic (exact) mass is 1010 g/mol. The Morgan fingerprint density at radius 2 is 1.19 bits per heavy atom. The molecule has 3 rings (SSSR count). The van der Waals surface area contributed by atoms with E-state index in [0.717, 1.165) is 52.7 Å². The Morgan fingerprint density at radius 3 is 1.49 bits per heavy atom. The van der Waals surface area contributed by atoms with Gasteiger partial charge in [0.1, 0.15) is 0 Å². The molecule has 2 aromatic rings. The Labute approximate surface area is 386 Å². The zero-order chi connectivity index (χ0) is 43.9. The average molecular weight is 1010 g/mol. The standard InChI is InChI=1S/2C10H15N2P2.C7H10NP2.C3H5N.6CHO.3Mn/c2*1-2-8(11)10(14)9-5-3-4-7(6-13)12-9;9-4-6-2-1-3-7(5-10)8-6;1-2-3-4;6*1-2;;;/h3-5,10H,2,6,13-14H2,1H3;2-5,10-11H,6,13-14H2,1H3;1-4H,5,9-10H2;2H2,1H3;6*1H;;;/q3*-1;;6*-1;3*+3/b;8-2-;;;;;;;;;;;. The molecule has 312 valence electrons. The molecular weight excluding hydrogens is 963 g/mol. The van der Waals surface area contributed by atoms with Crippen molar-refractivity contribution in [2.45, 2.75) is 57.3 Å². The molecule has 0 saturated heterocycles. The quantitative estimate of drug-likeness (QED) is 0.0829. The number of hydrogen-bond donors (Lipinski definition) is 0. The number of nitriles is 1. The molecule has 0 bridgehead atoms. The zero-order valence-corrected chi connectivity index (χ0v) is 42.3. The Morgan fingerprint density at radius 1 is 0.807 bits per heavy atom. The summed E-state index contributed by atoms with van der Waals surface area (Å²) in [5.41, 5.74) is 14.8. The number of rotatable bonds is 8. The fourth-order valence-electron chi connectivity index (χ4n) is 3.00. The minimum absolute atomic E-state index is 0. The van der Waals surface area contributed by atoms with Gasteiger partial charge in [-0.3, -0.25) is 50.7 Å². The van der Waals surface area contributed by atoms with Gasteiger partial charge in [-0.05, 0) is 37.4 Å². The number of hydrogen-bond acceptors (Lipinski definition) is 9. The summed E-state index contributed by atoms with van der Waals surface area (Å²) in [5, 5.41) is 21.5. The van der Waals surface area contributed by atoms with Crippen LogP contribution in [0.1, 0.15) is 67.7 Å². The van der Waals surface area contributed by atoms with Crippen molar-refractivity contribution in [1.82, 2.24) is 9.97 Å². The number of nitrogens with one attached hydrogen (secondary N) is 1. The van der Waals surface area contributed by atoms with Crippen LogP contribution in [0.5, 0.6) is 0 Å². The second kappa shape index (κ2) is 66.0. The Hall–Kier alpha value is -1.82. The van der Waals surface area contributed by atoms with Gasteiger partial charge in [0.05, 0.1) is 11.8 Å². The number of pyridine rings is 2. The van der Waals surface area contributed by atoms with Gasteiger partial charge in [-0.25, -0.2) is 0 Å². The summed E-state index contributed by atoms with van der Waals surface area (Å²) < 4.78 is 0. The van der Waals surface area contributed by atoms with Gasteiger partial charge >= 0.3 is 51.2 Å². The van der Waals surface area contributed by atoms with Crippen LogP contribution < -0.4 is 0 Å². The van der Waals surface area contributed by atoms with Crippen molar-refractivity contribution in [3.63, 3.8) is 0 Å². The summed E-state index contributed by atoms with van der Waals surface area (Å²) in [6.45, 7) is 25.1. The predicted molar refractivity (Wildman–Crippen MR) is 246 cm³/mol. The van der Waals surface area contributed by atoms with Gasteiger partial charge < -0.3 is 45.2 Å². The van der Waals surface area contributed by atoms with Crippen molar-refractivity contribution in [3.05, 3.63) is 123 Å². The first-order valence-corrected chi connectivity index (χ1v) is 19.4. The summed E-state index contributed by atoms with van der Waals surface area (Å²) in [7, 11) is 15.8. The summed E-state index contributed by atoms with van der Waals surface area (Å²) in [6, 6.07) is 13.8. The smallest absolute Gasteiger partial charge is 0.810 e. The molecule has 0 radical (unpaired) electrons. The molecular formula is C36H51Mn3N6O6P6. The Balaban J connectivity index is -0.0000000605. The molecule has 1 N–H and O–H groups in total. The fourth-order valence-corrected chi connectivity index (χ4v) is 4.67. The molecule has 12 nitrogen and oxygen atoms in total. The van der Waals surface area contributed by atoms with Crippen molar-refractivity contribution in [1.29, 1.82) is 5.26 Å². The van der Waals surface area contributed by atoms with Crippen LogP contribution in [0.15, 0.2) is 83.6 Å². The van der Waals surface area contributed by atoms with E-state index in [2.05, 4.69) is 111 Å². The molecule has 21 heteroatoms. The SMILES string of the molecule is C/C=C(\[NH-])C(P)c1cccc(CP)n1.CCC#N.CCC(=[N-])C(P)c1cccc(CP)n1.PC=C1C=CC=C(CP)[N-]1.[CH-]=O.[CH-]=O.[CH-]=O.[CH-]=O.[CH-]=O.[CH-]=O.[Mn+3].[Mn+3].[Mn+3]. The third kappa shape index (κ3) is 45.1. The summed E-state index contributed by atoms with van der Waals surface area (Å²) in [5.74, 6) is 1.92. The Kier molecular flexibility index (Phi) is 91.9. The first-order valence-electron chi connectivity index (χ1n) is 14.9. The van der Waals surface area contributed by atoms with E-state index >= 15 is 0 Å². The van der Waals surface area contributed by atoms with Crippen LogP contribution in [0.3, 0.4) is 0 Å². The van der Waals surface area contributed by atoms with Crippen molar-refractivity contribution < 1.29 is 80.0 Å². The minimum Gasteiger partial charge on any atom is -0.810 e. The molecule has 0 spiro atoms. The van der Waals surface area contributed by atoms with E-state index in [1.165, 1.54) is 0 Å². The molecule has 3 heterocycles. The maximum atomic E-state index is 9.59. The van der Waals surface area contributed by atoms with Gasteiger partial charge in [0.15, 0.2) is 0 Å². The van der Waals surface area contributed by atoms with Gasteiger partial charge in [0.2, 0.25) is 0 Å². The zero-order valence-electron chi connectivity index (χ0n) is 31.8. The number of nitrogens with zero attached hydrogens (tertiary/aromatic N) is 5. The predicted octanol–water partition coefficient (Wildman–Crippen LogP) is 7.80. The molecule has 2 aromatic heterocycles. The van der Waals surface area contributed by atoms with Crippen LogP contribution in [0.2, 0.25) is 0 Å². The van der Waals surface area contributed by atoms with Crippen LogP contribution in [0, 0.1) is 11.3 Å². The van der Waals surface area contributed by atoms with E-state index in [1.807, 2.05) is 87.3 Å². The molecule has 0 fully saturated rings. The maximum absolute atomic E-state index is 9.59. The van der Waals surface area contributed by atoms with Crippen LogP contribution >= 0.6 is 55.4 Å². The number of carbonyl (C=O) groups excluding carboxylic acids is 6. The summed E-state index contributed by atoms with van der Waals surface area (Å²) >= 11 is 0. The average Bonchev–Trinajstić information content (AvgIpc) is 3.29. The summed E-state index contributed by atoms with van der Waals surface area (Å²) in [4.78, 5) is 55.4. The van der Waals surface area contributed by atoms with E-state index in [9.17, 15) is 5.41 Å². The van der Waals surface area contributed by atoms with Gasteiger partial charge in [-0.1, -0.05) is 56.4 Å². The van der Waals surface area contributed by atoms with E-state index in [-0.39, 0.29) is 62.5 Å². The third-order valence-corrected chi connectivity index (χ3v) is 8.47. The minimum atomic E-state index is -0.0449.